The number of benzene rings is 1. The molecule has 1 heterocycles. The lowest BCUT2D eigenvalue weighted by Crippen LogP contribution is -2.48. The van der Waals surface area contributed by atoms with E-state index in [1.54, 1.807) is 18.9 Å². The van der Waals surface area contributed by atoms with Crippen molar-refractivity contribution in [1.82, 2.24) is 15.5 Å². The van der Waals surface area contributed by atoms with Crippen LogP contribution in [0.25, 0.3) is 0 Å². The van der Waals surface area contributed by atoms with Crippen molar-refractivity contribution in [3.05, 3.63) is 35.4 Å². The molecule has 0 aromatic heterocycles. The summed E-state index contributed by atoms with van der Waals surface area (Å²) in [6.07, 6.45) is 0.587. The highest BCUT2D eigenvalue weighted by Gasteiger charge is 2.30. The average Bonchev–Trinajstić information content (AvgIpc) is 2.75. The molecule has 3 amide bonds. The largest absolute Gasteiger partial charge is 0.344 e. The maximum absolute atomic E-state index is 13.6. The third kappa shape index (κ3) is 3.72. The first-order valence-corrected chi connectivity index (χ1v) is 7.13. The summed E-state index contributed by atoms with van der Waals surface area (Å²) in [7, 11) is 1.67. The third-order valence-electron chi connectivity index (χ3n) is 3.68. The Morgan fingerprint density at radius 1 is 1.41 bits per heavy atom. The molecule has 1 aliphatic heterocycles. The van der Waals surface area contributed by atoms with E-state index in [1.807, 2.05) is 0 Å². The quantitative estimate of drug-likeness (QED) is 0.883. The monoisotopic (exact) mass is 311 g/mol. The number of carbonyl (C=O) groups is 2. The zero-order valence-corrected chi connectivity index (χ0v) is 12.5. The van der Waals surface area contributed by atoms with Gasteiger partial charge in [-0.15, -0.1) is 0 Å². The minimum Gasteiger partial charge on any atom is -0.344 e. The first kappa shape index (κ1) is 16.2. The summed E-state index contributed by atoms with van der Waals surface area (Å²) < 4.78 is 27.1. The molecule has 2 atom stereocenters. The standard InChI is InChI=1S/C15H19F2N3O2/c1-9(8-10-11(16)4-3-5-12(10)17)18-15(22)19-13-6-7-20(2)14(13)21/h3-5,9,13H,6-8H2,1-2H3,(H2,18,19,22)/t9-,13-/m1/s1. The van der Waals surface area contributed by atoms with Crippen molar-refractivity contribution in [3.63, 3.8) is 0 Å². The summed E-state index contributed by atoms with van der Waals surface area (Å²) in [5, 5.41) is 5.17. The van der Waals surface area contributed by atoms with Gasteiger partial charge in [-0.3, -0.25) is 4.79 Å². The van der Waals surface area contributed by atoms with Gasteiger partial charge in [0, 0.05) is 25.2 Å². The fraction of sp³-hybridized carbons (Fsp3) is 0.467. The molecule has 2 rings (SSSR count). The van der Waals surface area contributed by atoms with Crippen LogP contribution in [-0.2, 0) is 11.2 Å². The number of nitrogens with one attached hydrogen (secondary N) is 2. The molecule has 2 N–H and O–H groups in total. The van der Waals surface area contributed by atoms with Crippen LogP contribution < -0.4 is 10.6 Å². The van der Waals surface area contributed by atoms with Gasteiger partial charge in [0.25, 0.3) is 0 Å². The first-order valence-electron chi connectivity index (χ1n) is 7.13. The van der Waals surface area contributed by atoms with E-state index in [2.05, 4.69) is 10.6 Å². The van der Waals surface area contributed by atoms with E-state index in [1.165, 1.54) is 18.2 Å². The van der Waals surface area contributed by atoms with Crippen molar-refractivity contribution < 1.29 is 18.4 Å². The number of rotatable bonds is 4. The Kier molecular flexibility index (Phi) is 4.95. The number of halogens is 2. The number of likely N-dealkylation sites (tertiary alicyclic amines) is 1. The van der Waals surface area contributed by atoms with Crippen LogP contribution in [0.5, 0.6) is 0 Å². The van der Waals surface area contributed by atoms with Crippen molar-refractivity contribution >= 4 is 11.9 Å². The molecular formula is C15H19F2N3O2. The molecule has 0 spiro atoms. The molecule has 1 saturated heterocycles. The maximum Gasteiger partial charge on any atom is 0.315 e. The second kappa shape index (κ2) is 6.72. The molecule has 0 saturated carbocycles. The maximum atomic E-state index is 13.6. The van der Waals surface area contributed by atoms with E-state index in [0.29, 0.717) is 13.0 Å². The predicted octanol–water partition coefficient (Wildman–Crippen LogP) is 1.43. The lowest BCUT2D eigenvalue weighted by molar-refractivity contribution is -0.128. The highest BCUT2D eigenvalue weighted by atomic mass is 19.1. The van der Waals surface area contributed by atoms with Crippen molar-refractivity contribution in [3.8, 4) is 0 Å². The Balaban J connectivity index is 1.88. The molecule has 0 unspecified atom stereocenters. The van der Waals surface area contributed by atoms with Crippen molar-refractivity contribution in [1.29, 1.82) is 0 Å². The van der Waals surface area contributed by atoms with E-state index >= 15 is 0 Å². The summed E-state index contributed by atoms with van der Waals surface area (Å²) in [6, 6.07) is 2.12. The molecule has 1 aromatic rings. The second-order valence-electron chi connectivity index (χ2n) is 5.52. The third-order valence-corrected chi connectivity index (χ3v) is 3.68. The Labute approximate surface area is 127 Å². The van der Waals surface area contributed by atoms with Gasteiger partial charge in [-0.2, -0.15) is 0 Å². The molecule has 0 aliphatic carbocycles. The van der Waals surface area contributed by atoms with Crippen LogP contribution in [0.4, 0.5) is 13.6 Å². The molecule has 7 heteroatoms. The van der Waals surface area contributed by atoms with Crippen LogP contribution in [0.1, 0.15) is 18.9 Å². The topological polar surface area (TPSA) is 61.4 Å². The van der Waals surface area contributed by atoms with Gasteiger partial charge in [0.1, 0.15) is 17.7 Å². The van der Waals surface area contributed by atoms with Gasteiger partial charge in [-0.05, 0) is 31.9 Å². The lowest BCUT2D eigenvalue weighted by Gasteiger charge is -2.17. The van der Waals surface area contributed by atoms with Crippen LogP contribution in [0, 0.1) is 11.6 Å². The Hall–Kier alpha value is -2.18. The van der Waals surface area contributed by atoms with Gasteiger partial charge < -0.3 is 15.5 Å². The number of nitrogens with zero attached hydrogens (tertiary/aromatic N) is 1. The number of carbonyl (C=O) groups excluding carboxylic acids is 2. The Morgan fingerprint density at radius 3 is 2.59 bits per heavy atom. The van der Waals surface area contributed by atoms with E-state index in [0.717, 1.165) is 0 Å². The van der Waals surface area contributed by atoms with Crippen LogP contribution in [-0.4, -0.2) is 42.5 Å². The Bertz CT molecular complexity index is 560. The summed E-state index contributed by atoms with van der Waals surface area (Å²) in [6.45, 7) is 2.24. The fourth-order valence-corrected chi connectivity index (χ4v) is 2.46. The molecule has 1 aliphatic rings. The number of amides is 3. The van der Waals surface area contributed by atoms with E-state index in [9.17, 15) is 18.4 Å². The smallest absolute Gasteiger partial charge is 0.315 e. The number of hydrogen-bond donors (Lipinski definition) is 2. The highest BCUT2D eigenvalue weighted by Crippen LogP contribution is 2.14. The van der Waals surface area contributed by atoms with Crippen LogP contribution in [0.3, 0.4) is 0 Å². The normalized spacial score (nSPS) is 19.2. The predicted molar refractivity (Wildman–Crippen MR) is 77.2 cm³/mol. The SMILES string of the molecule is C[C@H](Cc1c(F)cccc1F)NC(=O)N[C@@H]1CCN(C)C1=O. The van der Waals surface area contributed by atoms with Gasteiger partial charge >= 0.3 is 6.03 Å². The zero-order chi connectivity index (χ0) is 16.3. The van der Waals surface area contributed by atoms with Crippen molar-refractivity contribution in [2.75, 3.05) is 13.6 Å². The lowest BCUT2D eigenvalue weighted by atomic mass is 10.1. The van der Waals surface area contributed by atoms with Gasteiger partial charge in [0.2, 0.25) is 5.91 Å². The molecule has 0 radical (unpaired) electrons. The van der Waals surface area contributed by atoms with Gasteiger partial charge in [-0.25, -0.2) is 13.6 Å². The molecule has 1 aromatic carbocycles. The Morgan fingerprint density at radius 2 is 2.05 bits per heavy atom. The molecular weight excluding hydrogens is 292 g/mol. The fourth-order valence-electron chi connectivity index (χ4n) is 2.46. The van der Waals surface area contributed by atoms with Gasteiger partial charge in [-0.1, -0.05) is 6.07 Å². The first-order chi connectivity index (χ1) is 10.4. The van der Waals surface area contributed by atoms with Crippen LogP contribution in [0.2, 0.25) is 0 Å². The minimum atomic E-state index is -0.637. The summed E-state index contributed by atoms with van der Waals surface area (Å²) in [5.74, 6) is -1.41. The van der Waals surface area contributed by atoms with Gasteiger partial charge in [0.15, 0.2) is 0 Å². The van der Waals surface area contributed by atoms with Crippen molar-refractivity contribution in [2.45, 2.75) is 31.8 Å². The van der Waals surface area contributed by atoms with Crippen LogP contribution >= 0.6 is 0 Å². The summed E-state index contributed by atoms with van der Waals surface area (Å²) >= 11 is 0. The minimum absolute atomic E-state index is 0.0322. The summed E-state index contributed by atoms with van der Waals surface area (Å²) in [5.41, 5.74) is -0.0630. The molecule has 0 bridgehead atoms. The molecule has 5 nitrogen and oxygen atoms in total. The molecule has 22 heavy (non-hydrogen) atoms. The van der Waals surface area contributed by atoms with E-state index < -0.39 is 29.7 Å². The van der Waals surface area contributed by atoms with E-state index in [4.69, 9.17) is 0 Å². The van der Waals surface area contributed by atoms with Gasteiger partial charge in [0.05, 0.1) is 0 Å². The number of likely N-dealkylation sites (N-methyl/N-ethyl adjacent to an activating group) is 1. The molecule has 120 valence electrons. The van der Waals surface area contributed by atoms with Crippen LogP contribution in [0.15, 0.2) is 18.2 Å². The average molecular weight is 311 g/mol. The number of urea groups is 1. The highest BCUT2D eigenvalue weighted by molar-refractivity contribution is 5.88. The summed E-state index contributed by atoms with van der Waals surface area (Å²) in [4.78, 5) is 25.1. The van der Waals surface area contributed by atoms with Crippen molar-refractivity contribution in [2.24, 2.45) is 0 Å². The van der Waals surface area contributed by atoms with E-state index in [-0.39, 0.29) is 17.9 Å². The number of hydrogen-bond acceptors (Lipinski definition) is 2. The second-order valence-corrected chi connectivity index (χ2v) is 5.52. The molecule has 1 fully saturated rings. The zero-order valence-electron chi connectivity index (χ0n) is 12.5.